The first-order valence-electron chi connectivity index (χ1n) is 11.0. The predicted molar refractivity (Wildman–Crippen MR) is 146 cm³/mol. The number of nitrogens with one attached hydrogen (secondary N) is 2. The van der Waals surface area contributed by atoms with E-state index in [0.29, 0.717) is 27.4 Å². The Morgan fingerprint density at radius 1 is 0.806 bits per heavy atom. The Labute approximate surface area is 217 Å². The number of allylic oxidation sites excluding steroid dienone is 1. The molecule has 3 aromatic carbocycles. The first-order chi connectivity index (χ1) is 17.5. The molecule has 0 fully saturated rings. The van der Waals surface area contributed by atoms with Gasteiger partial charge in [0.15, 0.2) is 5.78 Å². The van der Waals surface area contributed by atoms with Crippen molar-refractivity contribution in [3.63, 3.8) is 0 Å². The second-order valence-electron chi connectivity index (χ2n) is 7.72. The molecule has 0 bridgehead atoms. The van der Waals surface area contributed by atoms with Crippen LogP contribution in [0.1, 0.15) is 31.8 Å². The van der Waals surface area contributed by atoms with Gasteiger partial charge in [-0.2, -0.15) is 11.3 Å². The summed E-state index contributed by atoms with van der Waals surface area (Å²) >= 11 is 7.64. The van der Waals surface area contributed by atoms with Crippen LogP contribution in [0.5, 0.6) is 0 Å². The highest BCUT2D eigenvalue weighted by molar-refractivity contribution is 7.08. The molecule has 0 saturated heterocycles. The van der Waals surface area contributed by atoms with E-state index in [0.717, 1.165) is 5.56 Å². The van der Waals surface area contributed by atoms with Gasteiger partial charge < -0.3 is 10.6 Å². The largest absolute Gasteiger partial charge is 0.321 e. The van der Waals surface area contributed by atoms with E-state index in [1.807, 2.05) is 16.8 Å². The lowest BCUT2D eigenvalue weighted by atomic mass is 10.1. The van der Waals surface area contributed by atoms with Crippen LogP contribution in [0.2, 0.25) is 5.02 Å². The second kappa shape index (κ2) is 11.9. The lowest BCUT2D eigenvalue weighted by Crippen LogP contribution is -2.30. The van der Waals surface area contributed by atoms with Crippen LogP contribution in [-0.2, 0) is 4.79 Å². The monoisotopic (exact) mass is 512 g/mol. The Balaban J connectivity index is 1.50. The summed E-state index contributed by atoms with van der Waals surface area (Å²) in [4.78, 5) is 38.3. The number of hydrogen-bond acceptors (Lipinski definition) is 4. The number of ketones is 1. The molecule has 0 saturated carbocycles. The summed E-state index contributed by atoms with van der Waals surface area (Å²) in [5, 5.41) is 9.86. The van der Waals surface area contributed by atoms with Crippen molar-refractivity contribution in [3.8, 4) is 0 Å². The molecule has 2 N–H and O–H groups in total. The predicted octanol–water partition coefficient (Wildman–Crippen LogP) is 6.71. The Hall–Kier alpha value is -4.26. The second-order valence-corrected chi connectivity index (χ2v) is 8.94. The highest BCUT2D eigenvalue weighted by Gasteiger charge is 2.15. The van der Waals surface area contributed by atoms with Gasteiger partial charge in [0, 0.05) is 21.8 Å². The van der Waals surface area contributed by atoms with Crippen LogP contribution in [0, 0.1) is 0 Å². The van der Waals surface area contributed by atoms with Crippen molar-refractivity contribution in [3.05, 3.63) is 135 Å². The van der Waals surface area contributed by atoms with Crippen LogP contribution in [0.15, 0.2) is 107 Å². The molecule has 0 spiro atoms. The zero-order chi connectivity index (χ0) is 25.3. The van der Waals surface area contributed by atoms with Crippen LogP contribution >= 0.6 is 22.9 Å². The third kappa shape index (κ3) is 6.88. The maximum atomic E-state index is 13.1. The van der Waals surface area contributed by atoms with Crippen LogP contribution < -0.4 is 10.6 Å². The van der Waals surface area contributed by atoms with Crippen LogP contribution in [0.25, 0.3) is 12.2 Å². The van der Waals surface area contributed by atoms with Crippen molar-refractivity contribution in [2.24, 2.45) is 0 Å². The Kier molecular flexibility index (Phi) is 8.24. The van der Waals surface area contributed by atoms with Crippen LogP contribution in [0.3, 0.4) is 0 Å². The van der Waals surface area contributed by atoms with E-state index in [9.17, 15) is 14.4 Å². The van der Waals surface area contributed by atoms with Gasteiger partial charge in [0.05, 0.1) is 0 Å². The molecule has 2 amide bonds. The van der Waals surface area contributed by atoms with Gasteiger partial charge in [-0.15, -0.1) is 0 Å². The normalized spacial score (nSPS) is 11.3. The average Bonchev–Trinajstić information content (AvgIpc) is 3.41. The van der Waals surface area contributed by atoms with Crippen molar-refractivity contribution in [2.75, 3.05) is 5.32 Å². The number of carbonyl (C=O) groups is 3. The summed E-state index contributed by atoms with van der Waals surface area (Å²) in [6, 6.07) is 24.0. The molecule has 0 unspecified atom stereocenters. The van der Waals surface area contributed by atoms with Gasteiger partial charge in [0.1, 0.15) is 5.70 Å². The SMILES string of the molecule is O=C(Nc1ccc(C(=O)/C=C/c2ccsc2)cc1)/C(=C/c1cccc(Cl)c1)NC(=O)c1ccccc1. The lowest BCUT2D eigenvalue weighted by Gasteiger charge is -2.12. The molecule has 0 aliphatic carbocycles. The number of thiophene rings is 1. The van der Waals surface area contributed by atoms with Crippen molar-refractivity contribution in [1.29, 1.82) is 0 Å². The molecule has 0 aliphatic rings. The lowest BCUT2D eigenvalue weighted by molar-refractivity contribution is -0.113. The molecule has 4 rings (SSSR count). The molecular formula is C29H21ClN2O3S. The number of anilines is 1. The van der Waals surface area contributed by atoms with Gasteiger partial charge >= 0.3 is 0 Å². The first-order valence-corrected chi connectivity index (χ1v) is 12.3. The molecule has 7 heteroatoms. The fourth-order valence-corrected chi connectivity index (χ4v) is 4.09. The zero-order valence-electron chi connectivity index (χ0n) is 19.0. The van der Waals surface area contributed by atoms with Crippen molar-refractivity contribution >= 4 is 58.4 Å². The molecule has 0 aliphatic heterocycles. The van der Waals surface area contributed by atoms with E-state index in [4.69, 9.17) is 11.6 Å². The van der Waals surface area contributed by atoms with Gasteiger partial charge in [-0.3, -0.25) is 14.4 Å². The minimum atomic E-state index is -0.518. The Morgan fingerprint density at radius 2 is 1.58 bits per heavy atom. The fraction of sp³-hybridized carbons (Fsp3) is 0. The summed E-state index contributed by atoms with van der Waals surface area (Å²) < 4.78 is 0. The van der Waals surface area contributed by atoms with E-state index < -0.39 is 11.8 Å². The van der Waals surface area contributed by atoms with E-state index in [2.05, 4.69) is 10.6 Å². The molecular weight excluding hydrogens is 492 g/mol. The number of rotatable bonds is 8. The number of amides is 2. The summed E-state index contributed by atoms with van der Waals surface area (Å²) in [6.45, 7) is 0. The number of benzene rings is 3. The van der Waals surface area contributed by atoms with E-state index in [1.54, 1.807) is 102 Å². The van der Waals surface area contributed by atoms with Crippen molar-refractivity contribution in [1.82, 2.24) is 5.32 Å². The topological polar surface area (TPSA) is 75.3 Å². The number of carbonyl (C=O) groups excluding carboxylic acids is 3. The average molecular weight is 513 g/mol. The van der Waals surface area contributed by atoms with Crippen molar-refractivity contribution in [2.45, 2.75) is 0 Å². The van der Waals surface area contributed by atoms with Crippen molar-refractivity contribution < 1.29 is 14.4 Å². The first kappa shape index (κ1) is 24.9. The van der Waals surface area contributed by atoms with Gasteiger partial charge in [0.25, 0.3) is 11.8 Å². The standard InChI is InChI=1S/C29H21ClN2O3S/c30-24-8-4-5-21(17-24)18-26(32-28(34)23-6-2-1-3-7-23)29(35)31-25-12-10-22(11-13-25)27(33)14-9-20-15-16-36-19-20/h1-19H,(H,31,35)(H,32,34)/b14-9+,26-18-. The number of hydrogen-bond donors (Lipinski definition) is 2. The quantitative estimate of drug-likeness (QED) is 0.203. The minimum Gasteiger partial charge on any atom is -0.321 e. The molecule has 36 heavy (non-hydrogen) atoms. The zero-order valence-corrected chi connectivity index (χ0v) is 20.6. The Bertz CT molecular complexity index is 1430. The highest BCUT2D eigenvalue weighted by Crippen LogP contribution is 2.16. The third-order valence-corrected chi connectivity index (χ3v) is 6.02. The molecule has 4 aromatic rings. The molecule has 178 valence electrons. The van der Waals surface area contributed by atoms with Gasteiger partial charge in [-0.05, 0) is 88.6 Å². The summed E-state index contributed by atoms with van der Waals surface area (Å²) in [5.74, 6) is -1.08. The maximum Gasteiger partial charge on any atom is 0.272 e. The Morgan fingerprint density at radius 3 is 2.28 bits per heavy atom. The van der Waals surface area contributed by atoms with Crippen LogP contribution in [-0.4, -0.2) is 17.6 Å². The summed E-state index contributed by atoms with van der Waals surface area (Å²) in [5.41, 5.74) is 3.05. The van der Waals surface area contributed by atoms with Gasteiger partial charge in [-0.1, -0.05) is 48.0 Å². The van der Waals surface area contributed by atoms with Crippen LogP contribution in [0.4, 0.5) is 5.69 Å². The summed E-state index contributed by atoms with van der Waals surface area (Å²) in [7, 11) is 0. The fourth-order valence-electron chi connectivity index (χ4n) is 3.26. The highest BCUT2D eigenvalue weighted by atomic mass is 35.5. The third-order valence-electron chi connectivity index (χ3n) is 5.09. The smallest absolute Gasteiger partial charge is 0.272 e. The van der Waals surface area contributed by atoms with Gasteiger partial charge in [0.2, 0.25) is 0 Å². The molecule has 5 nitrogen and oxygen atoms in total. The van der Waals surface area contributed by atoms with E-state index in [-0.39, 0.29) is 11.5 Å². The molecule has 0 radical (unpaired) electrons. The summed E-state index contributed by atoms with van der Waals surface area (Å²) in [6.07, 6.45) is 4.83. The molecule has 0 atom stereocenters. The van der Waals surface area contributed by atoms with Gasteiger partial charge in [-0.25, -0.2) is 0 Å². The number of halogens is 1. The minimum absolute atomic E-state index is 0.0463. The van der Waals surface area contributed by atoms with E-state index >= 15 is 0 Å². The molecule has 1 aromatic heterocycles. The maximum absolute atomic E-state index is 13.1. The van der Waals surface area contributed by atoms with E-state index in [1.165, 1.54) is 6.08 Å². The molecule has 1 heterocycles.